The Balaban J connectivity index is 1.66. The van der Waals surface area contributed by atoms with Crippen LogP contribution in [0.4, 0.5) is 0 Å². The minimum absolute atomic E-state index is 0.119. The van der Waals surface area contributed by atoms with Gasteiger partial charge in [0.25, 0.3) is 0 Å². The van der Waals surface area contributed by atoms with Gasteiger partial charge in [-0.15, -0.1) is 0 Å². The second-order valence-corrected chi connectivity index (χ2v) is 8.55. The van der Waals surface area contributed by atoms with Crippen LogP contribution < -0.4 is 0 Å². The first-order chi connectivity index (χ1) is 10.3. The Bertz CT molecular complexity index is 645. The highest BCUT2D eigenvalue weighted by atomic mass is 127. The predicted molar refractivity (Wildman–Crippen MR) is 96.0 cm³/mol. The third-order valence-electron chi connectivity index (χ3n) is 4.78. The summed E-state index contributed by atoms with van der Waals surface area (Å²) in [6.45, 7) is 0.876. The molecular formula is C16H19IN2OS. The summed E-state index contributed by atoms with van der Waals surface area (Å²) in [6, 6.07) is 7.06. The van der Waals surface area contributed by atoms with Crippen molar-refractivity contribution >= 4 is 45.3 Å². The third-order valence-corrected chi connectivity index (χ3v) is 6.43. The van der Waals surface area contributed by atoms with Gasteiger partial charge in [0.2, 0.25) is 0 Å². The maximum Gasteiger partial charge on any atom is 0.0718 e. The summed E-state index contributed by atoms with van der Waals surface area (Å²) in [6.07, 6.45) is 6.60. The molecule has 1 aromatic carbocycles. The molecule has 2 aromatic rings. The molecule has 1 aromatic heterocycles. The number of fused-ring (bicyclic) bond motifs is 1. The molecule has 0 N–H and O–H groups in total. The zero-order chi connectivity index (χ0) is 14.3. The normalized spacial score (nSPS) is 25.5. The largest absolute Gasteiger partial charge is 0.375 e. The van der Waals surface area contributed by atoms with Gasteiger partial charge in [-0.3, -0.25) is 4.68 Å². The van der Waals surface area contributed by atoms with Gasteiger partial charge in [-0.2, -0.15) is 16.9 Å². The van der Waals surface area contributed by atoms with E-state index < -0.39 is 0 Å². The van der Waals surface area contributed by atoms with Crippen LogP contribution in [0, 0.1) is 3.57 Å². The molecule has 2 aliphatic rings. The van der Waals surface area contributed by atoms with Crippen molar-refractivity contribution in [2.75, 3.05) is 18.1 Å². The topological polar surface area (TPSA) is 27.1 Å². The number of aromatic nitrogens is 2. The maximum atomic E-state index is 6.21. The van der Waals surface area contributed by atoms with E-state index in [4.69, 9.17) is 9.84 Å². The minimum atomic E-state index is 0.119. The number of hydrogen-bond acceptors (Lipinski definition) is 3. The SMILES string of the molecule is Ic1ccc2cnn(C3CCOC4(CCSCC4)C3)c2c1. The highest BCUT2D eigenvalue weighted by Gasteiger charge is 2.39. The highest BCUT2D eigenvalue weighted by Crippen LogP contribution is 2.42. The molecular weight excluding hydrogens is 395 g/mol. The summed E-state index contributed by atoms with van der Waals surface area (Å²) in [5.41, 5.74) is 1.39. The van der Waals surface area contributed by atoms with Gasteiger partial charge in [-0.1, -0.05) is 6.07 Å². The zero-order valence-corrected chi connectivity index (χ0v) is 14.9. The lowest BCUT2D eigenvalue weighted by Gasteiger charge is -2.43. The Hall–Kier alpha value is -0.270. The average Bonchev–Trinajstić information content (AvgIpc) is 2.91. The fourth-order valence-electron chi connectivity index (χ4n) is 3.60. The summed E-state index contributed by atoms with van der Waals surface area (Å²) in [5.74, 6) is 2.48. The smallest absolute Gasteiger partial charge is 0.0718 e. The van der Waals surface area contributed by atoms with Crippen molar-refractivity contribution in [3.8, 4) is 0 Å². The molecule has 112 valence electrons. The highest BCUT2D eigenvalue weighted by molar-refractivity contribution is 14.1. The first-order valence-electron chi connectivity index (χ1n) is 7.60. The van der Waals surface area contributed by atoms with Crippen molar-refractivity contribution in [1.82, 2.24) is 9.78 Å². The second kappa shape index (κ2) is 5.74. The number of rotatable bonds is 1. The number of benzene rings is 1. The summed E-state index contributed by atoms with van der Waals surface area (Å²) in [4.78, 5) is 0. The number of thioether (sulfide) groups is 1. The molecule has 3 nitrogen and oxygen atoms in total. The van der Waals surface area contributed by atoms with Gasteiger partial charge in [-0.05, 0) is 71.9 Å². The molecule has 0 bridgehead atoms. The van der Waals surface area contributed by atoms with E-state index in [0.29, 0.717) is 6.04 Å². The van der Waals surface area contributed by atoms with E-state index in [1.54, 1.807) is 0 Å². The maximum absolute atomic E-state index is 6.21. The van der Waals surface area contributed by atoms with Crippen LogP contribution in [0.1, 0.15) is 31.7 Å². The molecule has 5 heteroatoms. The molecule has 21 heavy (non-hydrogen) atoms. The first kappa shape index (κ1) is 14.3. The lowest BCUT2D eigenvalue weighted by atomic mass is 9.85. The number of ether oxygens (including phenoxy) is 1. The van der Waals surface area contributed by atoms with Gasteiger partial charge in [-0.25, -0.2) is 0 Å². The van der Waals surface area contributed by atoms with Gasteiger partial charge in [0.05, 0.1) is 23.4 Å². The van der Waals surface area contributed by atoms with E-state index in [9.17, 15) is 0 Å². The summed E-state index contributed by atoms with van der Waals surface area (Å²) in [7, 11) is 0. The van der Waals surface area contributed by atoms with Crippen LogP contribution in [0.15, 0.2) is 24.4 Å². The number of halogens is 1. The fraction of sp³-hybridized carbons (Fsp3) is 0.562. The number of nitrogens with zero attached hydrogens (tertiary/aromatic N) is 2. The van der Waals surface area contributed by atoms with E-state index in [-0.39, 0.29) is 5.60 Å². The third kappa shape index (κ3) is 2.72. The van der Waals surface area contributed by atoms with Gasteiger partial charge >= 0.3 is 0 Å². The predicted octanol–water partition coefficient (Wildman–Crippen LogP) is 4.26. The number of hydrogen-bond donors (Lipinski definition) is 0. The molecule has 0 amide bonds. The van der Waals surface area contributed by atoms with Crippen molar-refractivity contribution in [3.63, 3.8) is 0 Å². The zero-order valence-electron chi connectivity index (χ0n) is 11.9. The molecule has 2 fully saturated rings. The van der Waals surface area contributed by atoms with Crippen LogP contribution >= 0.6 is 34.4 Å². The Morgan fingerprint density at radius 3 is 3.05 bits per heavy atom. The molecule has 2 aliphatic heterocycles. The Morgan fingerprint density at radius 1 is 1.33 bits per heavy atom. The summed E-state index contributed by atoms with van der Waals surface area (Å²) < 4.78 is 9.74. The Kier molecular flexibility index (Phi) is 3.92. The second-order valence-electron chi connectivity index (χ2n) is 6.08. The molecule has 0 radical (unpaired) electrons. The molecule has 4 rings (SSSR count). The van der Waals surface area contributed by atoms with Crippen molar-refractivity contribution in [2.45, 2.75) is 37.3 Å². The van der Waals surface area contributed by atoms with Crippen LogP contribution in [-0.4, -0.2) is 33.5 Å². The van der Waals surface area contributed by atoms with E-state index in [0.717, 1.165) is 19.4 Å². The quantitative estimate of drug-likeness (QED) is 0.653. The van der Waals surface area contributed by atoms with Gasteiger partial charge in [0.1, 0.15) is 0 Å². The molecule has 0 aliphatic carbocycles. The minimum Gasteiger partial charge on any atom is -0.375 e. The van der Waals surface area contributed by atoms with E-state index >= 15 is 0 Å². The van der Waals surface area contributed by atoms with Crippen molar-refractivity contribution in [3.05, 3.63) is 28.0 Å². The Labute approximate surface area is 142 Å². The standard InChI is InChI=1S/C16H19IN2OS/c17-13-2-1-12-11-18-19(15(12)9-13)14-3-6-20-16(10-14)4-7-21-8-5-16/h1-2,9,11,14H,3-8,10H2. The van der Waals surface area contributed by atoms with E-state index in [1.807, 2.05) is 6.20 Å². The lowest BCUT2D eigenvalue weighted by Crippen LogP contribution is -2.43. The van der Waals surface area contributed by atoms with Crippen molar-refractivity contribution < 1.29 is 4.74 Å². The lowest BCUT2D eigenvalue weighted by molar-refractivity contribution is -0.0997. The van der Waals surface area contributed by atoms with Crippen molar-refractivity contribution in [1.29, 1.82) is 0 Å². The van der Waals surface area contributed by atoms with Crippen molar-refractivity contribution in [2.24, 2.45) is 0 Å². The van der Waals surface area contributed by atoms with Crippen LogP contribution in [0.2, 0.25) is 0 Å². The van der Waals surface area contributed by atoms with Gasteiger partial charge < -0.3 is 4.74 Å². The van der Waals surface area contributed by atoms with Crippen LogP contribution in [0.25, 0.3) is 10.9 Å². The Morgan fingerprint density at radius 2 is 2.19 bits per heavy atom. The van der Waals surface area contributed by atoms with Crippen LogP contribution in [0.5, 0.6) is 0 Å². The monoisotopic (exact) mass is 414 g/mol. The first-order valence-corrected chi connectivity index (χ1v) is 9.84. The molecule has 2 saturated heterocycles. The summed E-state index contributed by atoms with van der Waals surface area (Å²) >= 11 is 4.44. The molecule has 3 heterocycles. The van der Waals surface area contributed by atoms with E-state index in [1.165, 1.54) is 38.8 Å². The fourth-order valence-corrected chi connectivity index (χ4v) is 5.32. The molecule has 1 spiro atoms. The van der Waals surface area contributed by atoms with Crippen LogP contribution in [0.3, 0.4) is 0 Å². The molecule has 1 atom stereocenters. The van der Waals surface area contributed by atoms with E-state index in [2.05, 4.69) is 57.2 Å². The summed E-state index contributed by atoms with van der Waals surface area (Å²) in [5, 5.41) is 5.94. The van der Waals surface area contributed by atoms with Crippen LogP contribution in [-0.2, 0) is 4.74 Å². The average molecular weight is 414 g/mol. The molecule has 0 saturated carbocycles. The van der Waals surface area contributed by atoms with Gasteiger partial charge in [0.15, 0.2) is 0 Å². The van der Waals surface area contributed by atoms with Gasteiger partial charge in [0, 0.05) is 15.6 Å². The molecule has 1 unspecified atom stereocenters.